The molecule has 3 rings (SSSR count). The Morgan fingerprint density at radius 3 is 2.10 bits per heavy atom. The zero-order valence-electron chi connectivity index (χ0n) is 15.2. The Kier molecular flexibility index (Phi) is 6.33. The Bertz CT molecular complexity index is 915. The third kappa shape index (κ3) is 6.07. The Labute approximate surface area is 165 Å². The van der Waals surface area contributed by atoms with E-state index in [2.05, 4.69) is 9.46 Å². The van der Waals surface area contributed by atoms with E-state index in [9.17, 15) is 26.0 Å². The Hall–Kier alpha value is -2.33. The summed E-state index contributed by atoms with van der Waals surface area (Å²) in [6, 6.07) is 8.88. The van der Waals surface area contributed by atoms with Crippen molar-refractivity contribution in [3.63, 3.8) is 0 Å². The van der Waals surface area contributed by atoms with Gasteiger partial charge in [-0.2, -0.15) is 0 Å². The predicted octanol–water partition coefficient (Wildman–Crippen LogP) is 4.39. The molecule has 1 N–H and O–H groups in total. The van der Waals surface area contributed by atoms with Crippen LogP contribution in [0.1, 0.15) is 25.7 Å². The van der Waals surface area contributed by atoms with E-state index >= 15 is 0 Å². The first-order chi connectivity index (χ1) is 13.6. The summed E-state index contributed by atoms with van der Waals surface area (Å²) in [7, 11) is -3.98. The molecule has 0 spiro atoms. The van der Waals surface area contributed by atoms with E-state index in [1.807, 2.05) is 0 Å². The lowest BCUT2D eigenvalue weighted by atomic mass is 9.93. The van der Waals surface area contributed by atoms with Gasteiger partial charge in [0.05, 0.1) is 10.9 Å². The molecule has 1 aliphatic rings. The van der Waals surface area contributed by atoms with E-state index in [0.717, 1.165) is 37.1 Å². The highest BCUT2D eigenvalue weighted by Crippen LogP contribution is 2.27. The fraction of sp³-hybridized carbons (Fsp3) is 0.368. The van der Waals surface area contributed by atoms with Gasteiger partial charge in [-0.25, -0.2) is 17.5 Å². The molecule has 0 aromatic heterocycles. The molecule has 0 aliphatic heterocycles. The van der Waals surface area contributed by atoms with E-state index in [4.69, 9.17) is 4.74 Å². The first kappa shape index (κ1) is 21.4. The fourth-order valence-electron chi connectivity index (χ4n) is 3.15. The van der Waals surface area contributed by atoms with Gasteiger partial charge in [0.25, 0.3) is 0 Å². The van der Waals surface area contributed by atoms with Gasteiger partial charge < -0.3 is 9.47 Å². The molecule has 10 heteroatoms. The lowest BCUT2D eigenvalue weighted by molar-refractivity contribution is -0.274. The van der Waals surface area contributed by atoms with Crippen LogP contribution in [0.5, 0.6) is 11.5 Å². The van der Waals surface area contributed by atoms with Crippen molar-refractivity contribution in [1.82, 2.24) is 4.72 Å². The van der Waals surface area contributed by atoms with Gasteiger partial charge in [-0.1, -0.05) is 6.42 Å². The molecule has 2 aromatic rings. The normalized spacial score (nSPS) is 20.3. The zero-order valence-corrected chi connectivity index (χ0v) is 16.0. The van der Waals surface area contributed by atoms with E-state index in [-0.39, 0.29) is 4.90 Å². The van der Waals surface area contributed by atoms with Gasteiger partial charge in [0.15, 0.2) is 0 Å². The third-order valence-electron chi connectivity index (χ3n) is 4.48. The van der Waals surface area contributed by atoms with Crippen molar-refractivity contribution in [2.45, 2.75) is 49.1 Å². The Morgan fingerprint density at radius 1 is 0.897 bits per heavy atom. The van der Waals surface area contributed by atoms with E-state index in [0.29, 0.717) is 18.6 Å². The van der Waals surface area contributed by atoms with Crippen LogP contribution in [-0.2, 0) is 10.0 Å². The first-order valence-corrected chi connectivity index (χ1v) is 10.4. The molecule has 158 valence electrons. The smallest absolute Gasteiger partial charge is 0.489 e. The average Bonchev–Trinajstić information content (AvgIpc) is 2.64. The van der Waals surface area contributed by atoms with Crippen molar-refractivity contribution in [3.05, 3.63) is 54.3 Å². The van der Waals surface area contributed by atoms with E-state index in [1.165, 1.54) is 24.3 Å². The molecule has 2 aromatic carbocycles. The summed E-state index contributed by atoms with van der Waals surface area (Å²) in [5, 5.41) is 0. The lowest BCUT2D eigenvalue weighted by Crippen LogP contribution is -2.47. The molecule has 1 saturated carbocycles. The number of hydrogen-bond acceptors (Lipinski definition) is 4. The average molecular weight is 433 g/mol. The van der Waals surface area contributed by atoms with Crippen LogP contribution in [0.4, 0.5) is 17.6 Å². The zero-order chi connectivity index (χ0) is 21.1. The summed E-state index contributed by atoms with van der Waals surface area (Å²) < 4.78 is 87.3. The van der Waals surface area contributed by atoms with Crippen molar-refractivity contribution in [2.75, 3.05) is 0 Å². The van der Waals surface area contributed by atoms with Crippen LogP contribution in [-0.4, -0.2) is 26.9 Å². The van der Waals surface area contributed by atoms with Crippen molar-refractivity contribution in [3.8, 4) is 11.5 Å². The lowest BCUT2D eigenvalue weighted by Gasteiger charge is -2.32. The summed E-state index contributed by atoms with van der Waals surface area (Å²) >= 11 is 0. The number of ether oxygens (including phenoxy) is 2. The maximum Gasteiger partial charge on any atom is 0.573 e. The molecular weight excluding hydrogens is 414 g/mol. The molecule has 0 heterocycles. The predicted molar refractivity (Wildman–Crippen MR) is 96.5 cm³/mol. The molecule has 29 heavy (non-hydrogen) atoms. The Balaban J connectivity index is 1.70. The second kappa shape index (κ2) is 8.58. The molecule has 0 bridgehead atoms. The molecule has 0 radical (unpaired) electrons. The highest BCUT2D eigenvalue weighted by molar-refractivity contribution is 7.89. The van der Waals surface area contributed by atoms with Crippen molar-refractivity contribution in [1.29, 1.82) is 0 Å². The van der Waals surface area contributed by atoms with Crippen LogP contribution >= 0.6 is 0 Å². The number of hydrogen-bond donors (Lipinski definition) is 1. The van der Waals surface area contributed by atoms with Gasteiger partial charge in [0, 0.05) is 0 Å². The van der Waals surface area contributed by atoms with E-state index in [1.54, 1.807) is 0 Å². The van der Waals surface area contributed by atoms with E-state index < -0.39 is 40.1 Å². The highest BCUT2D eigenvalue weighted by atomic mass is 32.2. The number of rotatable bonds is 6. The van der Waals surface area contributed by atoms with Crippen LogP contribution in [0, 0.1) is 5.82 Å². The summed E-state index contributed by atoms with van der Waals surface area (Å²) in [6.07, 6.45) is -2.49. The van der Waals surface area contributed by atoms with Crippen molar-refractivity contribution >= 4 is 10.0 Å². The SMILES string of the molecule is O=S(=O)(N[C@@H]1CCCC[C@@H]1Oc1ccc(F)cc1)c1ccc(OC(F)(F)F)cc1. The second-order valence-electron chi connectivity index (χ2n) is 6.64. The molecule has 5 nitrogen and oxygen atoms in total. The Morgan fingerprint density at radius 2 is 1.48 bits per heavy atom. The van der Waals surface area contributed by atoms with Gasteiger partial charge in [0.1, 0.15) is 23.4 Å². The quantitative estimate of drug-likeness (QED) is 0.687. The fourth-order valence-corrected chi connectivity index (χ4v) is 4.45. The summed E-state index contributed by atoms with van der Waals surface area (Å²) in [6.45, 7) is 0. The van der Waals surface area contributed by atoms with Crippen LogP contribution < -0.4 is 14.2 Å². The van der Waals surface area contributed by atoms with Crippen LogP contribution in [0.3, 0.4) is 0 Å². The topological polar surface area (TPSA) is 64.6 Å². The van der Waals surface area contributed by atoms with Crippen LogP contribution in [0.25, 0.3) is 0 Å². The van der Waals surface area contributed by atoms with Gasteiger partial charge >= 0.3 is 6.36 Å². The maximum absolute atomic E-state index is 13.1. The molecular formula is C19H19F4NO4S. The van der Waals surface area contributed by atoms with Gasteiger partial charge in [0.2, 0.25) is 10.0 Å². The minimum Gasteiger partial charge on any atom is -0.489 e. The second-order valence-corrected chi connectivity index (χ2v) is 8.36. The molecule has 1 fully saturated rings. The summed E-state index contributed by atoms with van der Waals surface area (Å²) in [5.74, 6) is -0.487. The molecule has 0 unspecified atom stereocenters. The third-order valence-corrected chi connectivity index (χ3v) is 5.98. The van der Waals surface area contributed by atoms with Crippen molar-refractivity contribution < 1.29 is 35.5 Å². The molecule has 0 amide bonds. The highest BCUT2D eigenvalue weighted by Gasteiger charge is 2.32. The minimum atomic E-state index is -4.86. The monoisotopic (exact) mass is 433 g/mol. The standard InChI is InChI=1S/C19H19F4NO4S/c20-13-5-7-14(8-6-13)27-18-4-2-1-3-17(18)24-29(25,26)16-11-9-15(10-12-16)28-19(21,22)23/h5-12,17-18,24H,1-4H2/t17-,18+/m1/s1. The van der Waals surface area contributed by atoms with Gasteiger partial charge in [-0.3, -0.25) is 0 Å². The number of alkyl halides is 3. The van der Waals surface area contributed by atoms with Crippen LogP contribution in [0.2, 0.25) is 0 Å². The molecule has 2 atom stereocenters. The van der Waals surface area contributed by atoms with Crippen molar-refractivity contribution in [2.24, 2.45) is 0 Å². The maximum atomic E-state index is 13.1. The number of halogens is 4. The largest absolute Gasteiger partial charge is 0.573 e. The summed E-state index contributed by atoms with van der Waals surface area (Å²) in [5.41, 5.74) is 0. The van der Waals surface area contributed by atoms with Gasteiger partial charge in [-0.05, 0) is 67.8 Å². The number of sulfonamides is 1. The molecule has 1 aliphatic carbocycles. The van der Waals surface area contributed by atoms with Crippen LogP contribution in [0.15, 0.2) is 53.4 Å². The molecule has 0 saturated heterocycles. The van der Waals surface area contributed by atoms with Gasteiger partial charge in [-0.15, -0.1) is 13.2 Å². The first-order valence-electron chi connectivity index (χ1n) is 8.93. The summed E-state index contributed by atoms with van der Waals surface area (Å²) in [4.78, 5) is -0.182. The minimum absolute atomic E-state index is 0.182. The number of benzene rings is 2. The number of nitrogens with one attached hydrogen (secondary N) is 1.